The van der Waals surface area contributed by atoms with E-state index in [0.29, 0.717) is 12.8 Å². The Hall–Kier alpha value is -2.70. The summed E-state index contributed by atoms with van der Waals surface area (Å²) in [5, 5.41) is 12.1. The number of hydrogen-bond acceptors (Lipinski definition) is 4. The molecule has 7 heteroatoms. The van der Waals surface area contributed by atoms with Crippen LogP contribution in [0.5, 0.6) is 5.75 Å². The number of anilines is 1. The van der Waals surface area contributed by atoms with E-state index in [0.717, 1.165) is 30.9 Å². The van der Waals surface area contributed by atoms with Gasteiger partial charge in [0.15, 0.2) is 11.6 Å². The standard InChI is InChI=1S/C21H22F2N2O3/c22-19-15(16-10-13(16)11-18(26)27)5-6-17(20(19)23)28-9-7-14-4-3-12-2-1-8-24-21(12)25-14/h3-6,13,16H,1-2,7-11H2,(H,24,25)(H,26,27). The van der Waals surface area contributed by atoms with Crippen LogP contribution in [-0.4, -0.2) is 29.2 Å². The van der Waals surface area contributed by atoms with E-state index >= 15 is 0 Å². The van der Waals surface area contributed by atoms with Crippen molar-refractivity contribution in [3.63, 3.8) is 0 Å². The third kappa shape index (κ3) is 3.93. The first-order chi connectivity index (χ1) is 13.5. The highest BCUT2D eigenvalue weighted by atomic mass is 19.2. The van der Waals surface area contributed by atoms with Crippen molar-refractivity contribution in [2.75, 3.05) is 18.5 Å². The highest BCUT2D eigenvalue weighted by Crippen LogP contribution is 2.51. The molecule has 2 atom stereocenters. The summed E-state index contributed by atoms with van der Waals surface area (Å²) in [6, 6.07) is 6.90. The number of benzene rings is 1. The predicted octanol–water partition coefficient (Wildman–Crippen LogP) is 3.92. The van der Waals surface area contributed by atoms with E-state index in [9.17, 15) is 13.6 Å². The highest BCUT2D eigenvalue weighted by molar-refractivity contribution is 5.68. The Bertz CT molecular complexity index is 903. The fraction of sp³-hybridized carbons (Fsp3) is 0.429. The Balaban J connectivity index is 1.36. The van der Waals surface area contributed by atoms with Gasteiger partial charge in [-0.05, 0) is 54.4 Å². The fourth-order valence-electron chi connectivity index (χ4n) is 3.80. The van der Waals surface area contributed by atoms with Crippen molar-refractivity contribution in [1.82, 2.24) is 4.98 Å². The molecule has 2 aliphatic rings. The predicted molar refractivity (Wildman–Crippen MR) is 99.7 cm³/mol. The Morgan fingerprint density at radius 2 is 2.11 bits per heavy atom. The number of hydrogen-bond donors (Lipinski definition) is 2. The molecule has 148 valence electrons. The van der Waals surface area contributed by atoms with Crippen LogP contribution in [0.4, 0.5) is 14.6 Å². The van der Waals surface area contributed by atoms with Crippen molar-refractivity contribution in [2.45, 2.75) is 38.0 Å². The number of aliphatic carboxylic acids is 1. The Morgan fingerprint density at radius 3 is 2.93 bits per heavy atom. The van der Waals surface area contributed by atoms with Gasteiger partial charge in [0.25, 0.3) is 0 Å². The van der Waals surface area contributed by atoms with Gasteiger partial charge >= 0.3 is 5.97 Å². The number of carbonyl (C=O) groups is 1. The molecule has 1 saturated carbocycles. The molecular formula is C21H22F2N2O3. The van der Waals surface area contributed by atoms with E-state index in [4.69, 9.17) is 9.84 Å². The van der Waals surface area contributed by atoms with Crippen LogP contribution in [0, 0.1) is 17.6 Å². The molecule has 2 heterocycles. The lowest BCUT2D eigenvalue weighted by atomic mass is 10.1. The van der Waals surface area contributed by atoms with E-state index < -0.39 is 17.6 Å². The number of halogens is 2. The zero-order valence-electron chi connectivity index (χ0n) is 15.4. The first-order valence-electron chi connectivity index (χ1n) is 9.58. The average Bonchev–Trinajstić information content (AvgIpc) is 3.43. The van der Waals surface area contributed by atoms with Crippen LogP contribution < -0.4 is 10.1 Å². The molecule has 2 unspecified atom stereocenters. The topological polar surface area (TPSA) is 71.5 Å². The molecule has 1 aromatic carbocycles. The van der Waals surface area contributed by atoms with E-state index in [1.807, 2.05) is 12.1 Å². The molecule has 1 aliphatic carbocycles. The fourth-order valence-corrected chi connectivity index (χ4v) is 3.80. The minimum absolute atomic E-state index is 0.0212. The summed E-state index contributed by atoms with van der Waals surface area (Å²) in [6.07, 6.45) is 3.14. The monoisotopic (exact) mass is 388 g/mol. The van der Waals surface area contributed by atoms with Gasteiger partial charge in [0.2, 0.25) is 5.82 Å². The van der Waals surface area contributed by atoms with Gasteiger partial charge in [0, 0.05) is 25.1 Å². The first kappa shape index (κ1) is 18.7. The number of aromatic nitrogens is 1. The molecule has 0 amide bonds. The molecule has 0 spiro atoms. The van der Waals surface area contributed by atoms with E-state index in [2.05, 4.69) is 10.3 Å². The van der Waals surface area contributed by atoms with Crippen LogP contribution in [-0.2, 0) is 17.6 Å². The summed E-state index contributed by atoms with van der Waals surface area (Å²) < 4.78 is 34.2. The van der Waals surface area contributed by atoms with E-state index in [1.165, 1.54) is 17.7 Å². The van der Waals surface area contributed by atoms with Gasteiger partial charge in [-0.3, -0.25) is 4.79 Å². The van der Waals surface area contributed by atoms with Gasteiger partial charge in [-0.1, -0.05) is 12.1 Å². The normalized spacial score (nSPS) is 20.2. The first-order valence-corrected chi connectivity index (χ1v) is 9.58. The minimum Gasteiger partial charge on any atom is -0.490 e. The van der Waals surface area contributed by atoms with Crippen LogP contribution in [0.2, 0.25) is 0 Å². The van der Waals surface area contributed by atoms with Gasteiger partial charge in [0.05, 0.1) is 6.61 Å². The van der Waals surface area contributed by atoms with Gasteiger partial charge in [-0.15, -0.1) is 0 Å². The van der Waals surface area contributed by atoms with Gasteiger partial charge < -0.3 is 15.2 Å². The van der Waals surface area contributed by atoms with Crippen molar-refractivity contribution >= 4 is 11.8 Å². The summed E-state index contributed by atoms with van der Waals surface area (Å²) in [5.41, 5.74) is 2.26. The number of aryl methyl sites for hydroxylation is 1. The molecule has 1 aliphatic heterocycles. The zero-order chi connectivity index (χ0) is 19.7. The van der Waals surface area contributed by atoms with Gasteiger partial charge in [0.1, 0.15) is 5.82 Å². The lowest BCUT2D eigenvalue weighted by Crippen LogP contribution is -2.14. The molecule has 5 nitrogen and oxygen atoms in total. The van der Waals surface area contributed by atoms with Gasteiger partial charge in [-0.2, -0.15) is 4.39 Å². The van der Waals surface area contributed by atoms with Crippen molar-refractivity contribution in [2.24, 2.45) is 5.92 Å². The summed E-state index contributed by atoms with van der Waals surface area (Å²) in [5.74, 6) is -2.46. The quantitative estimate of drug-likeness (QED) is 0.752. The highest BCUT2D eigenvalue weighted by Gasteiger charge is 2.42. The average molecular weight is 388 g/mol. The maximum absolute atomic E-state index is 14.4. The van der Waals surface area contributed by atoms with Crippen molar-refractivity contribution in [1.29, 1.82) is 0 Å². The third-order valence-electron chi connectivity index (χ3n) is 5.40. The van der Waals surface area contributed by atoms with Gasteiger partial charge in [-0.25, -0.2) is 9.37 Å². The smallest absolute Gasteiger partial charge is 0.303 e. The molecule has 2 N–H and O–H groups in total. The molecule has 0 radical (unpaired) electrons. The SMILES string of the molecule is O=C(O)CC1CC1c1ccc(OCCc2ccc3c(n2)NCCC3)c(F)c1F. The Morgan fingerprint density at radius 1 is 1.25 bits per heavy atom. The second-order valence-corrected chi connectivity index (χ2v) is 7.42. The van der Waals surface area contributed by atoms with Crippen LogP contribution >= 0.6 is 0 Å². The van der Waals surface area contributed by atoms with Crippen molar-refractivity contribution in [3.8, 4) is 5.75 Å². The van der Waals surface area contributed by atoms with E-state index in [1.54, 1.807) is 0 Å². The Labute approximate surface area is 161 Å². The van der Waals surface area contributed by atoms with Crippen LogP contribution in [0.1, 0.15) is 42.0 Å². The summed E-state index contributed by atoms with van der Waals surface area (Å²) in [6.45, 7) is 1.09. The maximum atomic E-state index is 14.4. The number of nitrogens with zero attached hydrogens (tertiary/aromatic N) is 1. The van der Waals surface area contributed by atoms with Crippen LogP contribution in [0.25, 0.3) is 0 Å². The molecule has 0 bridgehead atoms. The summed E-state index contributed by atoms with van der Waals surface area (Å²) in [7, 11) is 0. The molecule has 1 aromatic heterocycles. The number of carboxylic acids is 1. The van der Waals surface area contributed by atoms with Crippen LogP contribution in [0.15, 0.2) is 24.3 Å². The van der Waals surface area contributed by atoms with E-state index in [-0.39, 0.29) is 36.2 Å². The summed E-state index contributed by atoms with van der Waals surface area (Å²) in [4.78, 5) is 15.3. The molecule has 0 saturated heterocycles. The molecular weight excluding hydrogens is 366 g/mol. The Kier molecular flexibility index (Phi) is 5.15. The lowest BCUT2D eigenvalue weighted by molar-refractivity contribution is -0.137. The molecule has 4 rings (SSSR count). The van der Waals surface area contributed by atoms with Crippen molar-refractivity contribution < 1.29 is 23.4 Å². The summed E-state index contributed by atoms with van der Waals surface area (Å²) >= 11 is 0. The number of ether oxygens (including phenoxy) is 1. The van der Waals surface area contributed by atoms with Crippen LogP contribution in [0.3, 0.4) is 0 Å². The number of carboxylic acid groups (broad SMARTS) is 1. The lowest BCUT2D eigenvalue weighted by Gasteiger charge is -2.17. The number of nitrogens with one attached hydrogen (secondary N) is 1. The minimum atomic E-state index is -1.02. The zero-order valence-corrected chi connectivity index (χ0v) is 15.4. The second-order valence-electron chi connectivity index (χ2n) is 7.42. The van der Waals surface area contributed by atoms with Crippen molar-refractivity contribution in [3.05, 3.63) is 52.7 Å². The number of fused-ring (bicyclic) bond motifs is 1. The third-order valence-corrected chi connectivity index (χ3v) is 5.40. The number of rotatable bonds is 7. The largest absolute Gasteiger partial charge is 0.490 e. The maximum Gasteiger partial charge on any atom is 0.303 e. The second kappa shape index (κ2) is 7.73. The molecule has 1 fully saturated rings. The molecule has 28 heavy (non-hydrogen) atoms. The number of pyridine rings is 1. The molecule has 2 aromatic rings.